The number of aryl methyl sites for hydroxylation is 1. The smallest absolute Gasteiger partial charge is 0.261 e. The lowest BCUT2D eigenvalue weighted by atomic mass is 10.1. The number of halogens is 3. The molecule has 2 aromatic rings. The summed E-state index contributed by atoms with van der Waals surface area (Å²) < 4.78 is 39.2. The highest BCUT2D eigenvalue weighted by molar-refractivity contribution is 6.05. The van der Waals surface area contributed by atoms with Gasteiger partial charge in [-0.1, -0.05) is 0 Å². The number of anilines is 1. The molecule has 104 valence electrons. The predicted octanol–water partition coefficient (Wildman–Crippen LogP) is 2.35. The molecule has 0 unspecified atom stereocenters. The van der Waals surface area contributed by atoms with E-state index in [1.54, 1.807) is 0 Å². The first-order valence-corrected chi connectivity index (χ1v) is 5.55. The second-order valence-electron chi connectivity index (χ2n) is 4.04. The molecule has 20 heavy (non-hydrogen) atoms. The van der Waals surface area contributed by atoms with E-state index in [2.05, 4.69) is 4.98 Å². The molecule has 0 saturated heterocycles. The van der Waals surface area contributed by atoms with E-state index in [1.165, 1.54) is 19.2 Å². The molecule has 0 aliphatic carbocycles. The van der Waals surface area contributed by atoms with Crippen molar-refractivity contribution in [2.75, 3.05) is 5.32 Å². The largest absolute Gasteiger partial charge is 0.328 e. The predicted molar refractivity (Wildman–Crippen MR) is 66.1 cm³/mol. The van der Waals surface area contributed by atoms with Crippen LogP contribution >= 0.6 is 0 Å². The van der Waals surface area contributed by atoms with E-state index in [0.717, 1.165) is 6.07 Å². The average Bonchev–Trinajstić information content (AvgIpc) is 2.39. The molecule has 2 N–H and O–H groups in total. The van der Waals surface area contributed by atoms with Crippen molar-refractivity contribution in [3.05, 3.63) is 63.3 Å². The molecule has 1 aromatic carbocycles. The molecule has 0 aliphatic heterocycles. The highest BCUT2D eigenvalue weighted by Crippen LogP contribution is 2.20. The van der Waals surface area contributed by atoms with Gasteiger partial charge in [0.25, 0.3) is 11.5 Å². The number of aromatic amines is 1. The fraction of sp³-hybridized carbons (Fsp3) is 0.0769. The standard InChI is InChI=1S/C13H9F3N2O2/c1-6-4-5-17-12(19)9(6)13(20)18-8-3-2-7(14)10(15)11(8)16/h2-5H,1H3,(H,17,19)(H,18,20). The molecule has 0 bridgehead atoms. The third-order valence-electron chi connectivity index (χ3n) is 2.68. The highest BCUT2D eigenvalue weighted by Gasteiger charge is 2.18. The molecule has 7 heteroatoms. The number of amides is 1. The Balaban J connectivity index is 2.38. The van der Waals surface area contributed by atoms with Crippen molar-refractivity contribution in [1.29, 1.82) is 0 Å². The minimum absolute atomic E-state index is 0.225. The van der Waals surface area contributed by atoms with Crippen LogP contribution in [0.3, 0.4) is 0 Å². The van der Waals surface area contributed by atoms with Crippen LogP contribution in [0.5, 0.6) is 0 Å². The maximum absolute atomic E-state index is 13.4. The Morgan fingerprint density at radius 1 is 1.15 bits per heavy atom. The lowest BCUT2D eigenvalue weighted by Crippen LogP contribution is -2.24. The summed E-state index contributed by atoms with van der Waals surface area (Å²) in [4.78, 5) is 25.7. The second kappa shape index (κ2) is 5.20. The SMILES string of the molecule is Cc1cc[nH]c(=O)c1C(=O)Nc1ccc(F)c(F)c1F. The third-order valence-corrected chi connectivity index (χ3v) is 2.68. The van der Waals surface area contributed by atoms with Crippen molar-refractivity contribution >= 4 is 11.6 Å². The minimum Gasteiger partial charge on any atom is -0.328 e. The van der Waals surface area contributed by atoms with Crippen LogP contribution in [-0.2, 0) is 0 Å². The fourth-order valence-electron chi connectivity index (χ4n) is 1.67. The Morgan fingerprint density at radius 2 is 1.85 bits per heavy atom. The van der Waals surface area contributed by atoms with Crippen molar-refractivity contribution < 1.29 is 18.0 Å². The summed E-state index contributed by atoms with van der Waals surface area (Å²) in [5.41, 5.74) is -1.06. The molecule has 4 nitrogen and oxygen atoms in total. The van der Waals surface area contributed by atoms with Crippen molar-refractivity contribution in [3.63, 3.8) is 0 Å². The zero-order valence-corrected chi connectivity index (χ0v) is 10.3. The van der Waals surface area contributed by atoms with Crippen LogP contribution in [0.2, 0.25) is 0 Å². The highest BCUT2D eigenvalue weighted by atomic mass is 19.2. The second-order valence-corrected chi connectivity index (χ2v) is 4.04. The van der Waals surface area contributed by atoms with Crippen molar-refractivity contribution in [2.45, 2.75) is 6.92 Å². The number of rotatable bonds is 2. The summed E-state index contributed by atoms with van der Waals surface area (Å²) in [6, 6.07) is 3.03. The lowest BCUT2D eigenvalue weighted by molar-refractivity contribution is 0.102. The quantitative estimate of drug-likeness (QED) is 0.831. The van der Waals surface area contributed by atoms with Crippen LogP contribution < -0.4 is 10.9 Å². The average molecular weight is 282 g/mol. The van der Waals surface area contributed by atoms with Gasteiger partial charge in [0.1, 0.15) is 5.56 Å². The number of hydrogen-bond donors (Lipinski definition) is 2. The van der Waals surface area contributed by atoms with Crippen LogP contribution in [0.1, 0.15) is 15.9 Å². The molecule has 1 heterocycles. The maximum Gasteiger partial charge on any atom is 0.261 e. The topological polar surface area (TPSA) is 62.0 Å². The molecule has 2 rings (SSSR count). The zero-order valence-electron chi connectivity index (χ0n) is 10.3. The van der Waals surface area contributed by atoms with Gasteiger partial charge in [0, 0.05) is 6.20 Å². The van der Waals surface area contributed by atoms with Gasteiger partial charge in [0.2, 0.25) is 0 Å². The van der Waals surface area contributed by atoms with E-state index in [9.17, 15) is 22.8 Å². The molecule has 0 saturated carbocycles. The van der Waals surface area contributed by atoms with Crippen molar-refractivity contribution in [1.82, 2.24) is 4.98 Å². The normalized spacial score (nSPS) is 10.4. The fourth-order valence-corrected chi connectivity index (χ4v) is 1.67. The van der Waals surface area contributed by atoms with Gasteiger partial charge in [-0.25, -0.2) is 13.2 Å². The Bertz CT molecular complexity index is 741. The Kier molecular flexibility index (Phi) is 3.60. The number of aromatic nitrogens is 1. The minimum atomic E-state index is -1.69. The van der Waals surface area contributed by atoms with Crippen LogP contribution in [0.25, 0.3) is 0 Å². The van der Waals surface area contributed by atoms with Gasteiger partial charge in [0.05, 0.1) is 5.69 Å². The van der Waals surface area contributed by atoms with E-state index in [-0.39, 0.29) is 5.56 Å². The molecule has 0 radical (unpaired) electrons. The first-order valence-electron chi connectivity index (χ1n) is 5.55. The van der Waals surface area contributed by atoms with E-state index < -0.39 is 34.6 Å². The number of carbonyl (C=O) groups is 1. The van der Waals surface area contributed by atoms with Crippen LogP contribution in [-0.4, -0.2) is 10.9 Å². The van der Waals surface area contributed by atoms with E-state index in [4.69, 9.17) is 0 Å². The Morgan fingerprint density at radius 3 is 2.50 bits per heavy atom. The monoisotopic (exact) mass is 282 g/mol. The number of pyridine rings is 1. The van der Waals surface area contributed by atoms with Crippen LogP contribution in [0.4, 0.5) is 18.9 Å². The number of benzene rings is 1. The number of H-pyrrole nitrogens is 1. The first-order chi connectivity index (χ1) is 9.41. The number of nitrogens with one attached hydrogen (secondary N) is 2. The summed E-state index contributed by atoms with van der Waals surface area (Å²) >= 11 is 0. The van der Waals surface area contributed by atoms with Gasteiger partial charge < -0.3 is 10.3 Å². The Labute approximate surface area is 111 Å². The van der Waals surface area contributed by atoms with Crippen LogP contribution in [0.15, 0.2) is 29.2 Å². The summed E-state index contributed by atoms with van der Waals surface area (Å²) in [5, 5.41) is 2.04. The van der Waals surface area contributed by atoms with Gasteiger partial charge in [-0.15, -0.1) is 0 Å². The molecule has 1 aromatic heterocycles. The molecule has 0 spiro atoms. The van der Waals surface area contributed by atoms with Crippen molar-refractivity contribution in [2.24, 2.45) is 0 Å². The molecule has 1 amide bonds. The van der Waals surface area contributed by atoms with Crippen LogP contribution in [0, 0.1) is 24.4 Å². The maximum atomic E-state index is 13.4. The zero-order chi connectivity index (χ0) is 14.9. The summed E-state index contributed by atoms with van der Waals surface area (Å²) in [5.74, 6) is -5.49. The van der Waals surface area contributed by atoms with Crippen molar-refractivity contribution in [3.8, 4) is 0 Å². The lowest BCUT2D eigenvalue weighted by Gasteiger charge is -2.08. The molecule has 0 atom stereocenters. The Hall–Kier alpha value is -2.57. The van der Waals surface area contributed by atoms with E-state index in [0.29, 0.717) is 11.6 Å². The third kappa shape index (κ3) is 2.42. The number of carbonyl (C=O) groups excluding carboxylic acids is 1. The van der Waals surface area contributed by atoms with Gasteiger partial charge in [-0.05, 0) is 30.7 Å². The van der Waals surface area contributed by atoms with E-state index >= 15 is 0 Å². The molecule has 0 fully saturated rings. The summed E-state index contributed by atoms with van der Waals surface area (Å²) in [7, 11) is 0. The molecular weight excluding hydrogens is 273 g/mol. The van der Waals surface area contributed by atoms with Gasteiger partial charge >= 0.3 is 0 Å². The molecular formula is C13H9F3N2O2. The van der Waals surface area contributed by atoms with Gasteiger partial charge in [-0.2, -0.15) is 0 Å². The summed E-state index contributed by atoms with van der Waals surface area (Å²) in [6.45, 7) is 1.52. The molecule has 0 aliphatic rings. The van der Waals surface area contributed by atoms with Gasteiger partial charge in [0.15, 0.2) is 17.5 Å². The van der Waals surface area contributed by atoms with E-state index in [1.807, 2.05) is 5.32 Å². The first kappa shape index (κ1) is 13.9. The van der Waals surface area contributed by atoms with Gasteiger partial charge in [-0.3, -0.25) is 9.59 Å². The summed E-state index contributed by atoms with van der Waals surface area (Å²) in [6.07, 6.45) is 1.35. The number of hydrogen-bond acceptors (Lipinski definition) is 2.